The molecule has 0 N–H and O–H groups in total. The van der Waals surface area contributed by atoms with Crippen molar-refractivity contribution in [3.63, 3.8) is 0 Å². The van der Waals surface area contributed by atoms with Crippen molar-refractivity contribution in [2.24, 2.45) is 5.92 Å². The van der Waals surface area contributed by atoms with Gasteiger partial charge < -0.3 is 9.64 Å². The summed E-state index contributed by atoms with van der Waals surface area (Å²) in [7, 11) is 1.70. The fourth-order valence-electron chi connectivity index (χ4n) is 3.25. The number of anilines is 1. The molecular formula is C20H23N3O. The lowest BCUT2D eigenvalue weighted by Gasteiger charge is -2.32. The van der Waals surface area contributed by atoms with Crippen LogP contribution in [0.3, 0.4) is 0 Å². The number of hydrogen-bond donors (Lipinski definition) is 0. The number of ether oxygens (including phenoxy) is 1. The van der Waals surface area contributed by atoms with E-state index in [9.17, 15) is 0 Å². The molecule has 1 aliphatic heterocycles. The first-order chi connectivity index (χ1) is 11.8. The van der Waals surface area contributed by atoms with Crippen LogP contribution in [0.25, 0.3) is 0 Å². The third kappa shape index (κ3) is 4.05. The minimum Gasteiger partial charge on any atom is -0.497 e. The molecule has 0 unspecified atom stereocenters. The van der Waals surface area contributed by atoms with E-state index in [2.05, 4.69) is 28.1 Å². The lowest BCUT2D eigenvalue weighted by atomic mass is 9.90. The minimum atomic E-state index is 0.619. The summed E-state index contributed by atoms with van der Waals surface area (Å²) >= 11 is 0. The molecule has 4 heteroatoms. The Morgan fingerprint density at radius 2 is 1.92 bits per heavy atom. The number of benzene rings is 1. The molecular weight excluding hydrogens is 298 g/mol. The second-order valence-electron chi connectivity index (χ2n) is 6.33. The monoisotopic (exact) mass is 321 g/mol. The molecule has 0 spiro atoms. The average molecular weight is 321 g/mol. The Kier molecular flexibility index (Phi) is 5.32. The molecule has 1 aromatic heterocycles. The lowest BCUT2D eigenvalue weighted by Crippen LogP contribution is -2.34. The van der Waals surface area contributed by atoms with Gasteiger partial charge in [-0.1, -0.05) is 12.1 Å². The predicted octanol–water partition coefficient (Wildman–Crippen LogP) is 3.81. The maximum atomic E-state index is 8.85. The Labute approximate surface area is 143 Å². The topological polar surface area (TPSA) is 49.1 Å². The molecule has 1 aromatic carbocycles. The van der Waals surface area contributed by atoms with Crippen LogP contribution in [0.5, 0.6) is 5.75 Å². The van der Waals surface area contributed by atoms with Gasteiger partial charge in [-0.25, -0.2) is 4.98 Å². The highest BCUT2D eigenvalue weighted by Gasteiger charge is 2.20. The predicted molar refractivity (Wildman–Crippen MR) is 95.2 cm³/mol. The van der Waals surface area contributed by atoms with Gasteiger partial charge in [0.1, 0.15) is 17.6 Å². The summed E-state index contributed by atoms with van der Waals surface area (Å²) in [6.07, 6.45) is 6.44. The number of hydrogen-bond acceptors (Lipinski definition) is 4. The van der Waals surface area contributed by atoms with Crippen molar-refractivity contribution < 1.29 is 4.74 Å². The van der Waals surface area contributed by atoms with Gasteiger partial charge in [-0.2, -0.15) is 5.26 Å². The van der Waals surface area contributed by atoms with Gasteiger partial charge >= 0.3 is 0 Å². The number of methoxy groups -OCH3 is 1. The number of piperidine rings is 1. The Bertz CT molecular complexity index is 680. The first-order valence-corrected chi connectivity index (χ1v) is 8.52. The highest BCUT2D eigenvalue weighted by Crippen LogP contribution is 2.25. The molecule has 1 saturated heterocycles. The molecule has 4 nitrogen and oxygen atoms in total. The van der Waals surface area contributed by atoms with Crippen molar-refractivity contribution in [1.29, 1.82) is 5.26 Å². The smallest absolute Gasteiger partial charge is 0.128 e. The Hall–Kier alpha value is -2.54. The number of nitrogens with zero attached hydrogens (tertiary/aromatic N) is 3. The quantitative estimate of drug-likeness (QED) is 0.840. The minimum absolute atomic E-state index is 0.619. The maximum Gasteiger partial charge on any atom is 0.128 e. The fourth-order valence-corrected chi connectivity index (χ4v) is 3.25. The van der Waals surface area contributed by atoms with Gasteiger partial charge in [0.25, 0.3) is 0 Å². The van der Waals surface area contributed by atoms with Crippen LogP contribution in [-0.4, -0.2) is 25.2 Å². The molecule has 1 fully saturated rings. The van der Waals surface area contributed by atoms with Crippen LogP contribution >= 0.6 is 0 Å². The van der Waals surface area contributed by atoms with Gasteiger partial charge in [0.05, 0.1) is 12.7 Å². The third-order valence-corrected chi connectivity index (χ3v) is 4.82. The summed E-state index contributed by atoms with van der Waals surface area (Å²) in [5.74, 6) is 2.69. The Morgan fingerprint density at radius 1 is 1.17 bits per heavy atom. The highest BCUT2D eigenvalue weighted by molar-refractivity contribution is 5.42. The standard InChI is InChI=1S/C20H23N3O/c1-24-19-7-4-16(5-8-19)2-3-17-10-12-23(13-11-17)20-9-6-18(14-21)15-22-20/h4-9,15,17H,2-3,10-13H2,1H3. The summed E-state index contributed by atoms with van der Waals surface area (Å²) in [6, 6.07) is 14.3. The van der Waals surface area contributed by atoms with Gasteiger partial charge in [0.15, 0.2) is 0 Å². The summed E-state index contributed by atoms with van der Waals surface area (Å²) in [4.78, 5) is 6.72. The molecule has 1 aliphatic rings. The van der Waals surface area contributed by atoms with E-state index in [1.807, 2.05) is 24.3 Å². The normalized spacial score (nSPS) is 15.1. The van der Waals surface area contributed by atoms with Crippen molar-refractivity contribution in [2.75, 3.05) is 25.1 Å². The van der Waals surface area contributed by atoms with Crippen LogP contribution in [-0.2, 0) is 6.42 Å². The first-order valence-electron chi connectivity index (χ1n) is 8.52. The van der Waals surface area contributed by atoms with E-state index < -0.39 is 0 Å². The lowest BCUT2D eigenvalue weighted by molar-refractivity contribution is 0.380. The third-order valence-electron chi connectivity index (χ3n) is 4.82. The van der Waals surface area contributed by atoms with Crippen LogP contribution in [0, 0.1) is 17.2 Å². The van der Waals surface area contributed by atoms with Gasteiger partial charge in [-0.15, -0.1) is 0 Å². The second kappa shape index (κ2) is 7.83. The highest BCUT2D eigenvalue weighted by atomic mass is 16.5. The Morgan fingerprint density at radius 3 is 2.50 bits per heavy atom. The van der Waals surface area contributed by atoms with E-state index in [0.717, 1.165) is 37.0 Å². The van der Waals surface area contributed by atoms with Crippen LogP contribution in [0.1, 0.15) is 30.4 Å². The van der Waals surface area contributed by atoms with Crippen LogP contribution in [0.4, 0.5) is 5.82 Å². The zero-order valence-corrected chi connectivity index (χ0v) is 14.1. The SMILES string of the molecule is COc1ccc(CCC2CCN(c3ccc(C#N)cn3)CC2)cc1. The van der Waals surface area contributed by atoms with Crippen LogP contribution in [0.15, 0.2) is 42.6 Å². The molecule has 24 heavy (non-hydrogen) atoms. The summed E-state index contributed by atoms with van der Waals surface area (Å²) in [6.45, 7) is 2.10. The number of aryl methyl sites for hydroxylation is 1. The van der Waals surface area contributed by atoms with E-state index in [1.165, 1.54) is 24.8 Å². The van der Waals surface area contributed by atoms with E-state index >= 15 is 0 Å². The van der Waals surface area contributed by atoms with E-state index in [4.69, 9.17) is 10.00 Å². The maximum absolute atomic E-state index is 8.85. The Balaban J connectivity index is 1.46. The van der Waals surface area contributed by atoms with Gasteiger partial charge in [0, 0.05) is 19.3 Å². The molecule has 0 radical (unpaired) electrons. The molecule has 2 aromatic rings. The zero-order valence-electron chi connectivity index (χ0n) is 14.1. The zero-order chi connectivity index (χ0) is 16.8. The van der Waals surface area contributed by atoms with E-state index in [1.54, 1.807) is 13.3 Å². The molecule has 0 bridgehead atoms. The van der Waals surface area contributed by atoms with Crippen LogP contribution < -0.4 is 9.64 Å². The summed E-state index contributed by atoms with van der Waals surface area (Å²) in [5.41, 5.74) is 2.00. The summed E-state index contributed by atoms with van der Waals surface area (Å²) < 4.78 is 5.20. The van der Waals surface area contributed by atoms with Crippen molar-refractivity contribution in [2.45, 2.75) is 25.7 Å². The first kappa shape index (κ1) is 16.3. The average Bonchev–Trinajstić information content (AvgIpc) is 2.67. The van der Waals surface area contributed by atoms with Gasteiger partial charge in [0.2, 0.25) is 0 Å². The number of aromatic nitrogens is 1. The molecule has 2 heterocycles. The van der Waals surface area contributed by atoms with Crippen molar-refractivity contribution >= 4 is 5.82 Å². The molecule has 0 saturated carbocycles. The molecule has 124 valence electrons. The number of rotatable bonds is 5. The number of pyridine rings is 1. The van der Waals surface area contributed by atoms with Crippen molar-refractivity contribution in [3.05, 3.63) is 53.7 Å². The van der Waals surface area contributed by atoms with E-state index in [0.29, 0.717) is 5.56 Å². The van der Waals surface area contributed by atoms with Crippen molar-refractivity contribution in [1.82, 2.24) is 4.98 Å². The number of nitriles is 1. The second-order valence-corrected chi connectivity index (χ2v) is 6.33. The van der Waals surface area contributed by atoms with Gasteiger partial charge in [-0.05, 0) is 61.4 Å². The molecule has 0 aliphatic carbocycles. The fraction of sp³-hybridized carbons (Fsp3) is 0.400. The largest absolute Gasteiger partial charge is 0.497 e. The van der Waals surface area contributed by atoms with Crippen molar-refractivity contribution in [3.8, 4) is 11.8 Å². The summed E-state index contributed by atoms with van der Waals surface area (Å²) in [5, 5.41) is 8.85. The van der Waals surface area contributed by atoms with Gasteiger partial charge in [-0.3, -0.25) is 0 Å². The van der Waals surface area contributed by atoms with E-state index in [-0.39, 0.29) is 0 Å². The molecule has 0 amide bonds. The molecule has 0 atom stereocenters. The van der Waals surface area contributed by atoms with Crippen LogP contribution in [0.2, 0.25) is 0 Å². The molecule has 3 rings (SSSR count).